The van der Waals surface area contributed by atoms with Crippen molar-refractivity contribution in [2.45, 2.75) is 6.04 Å². The number of nitrogens with one attached hydrogen (secondary N) is 1. The molecule has 0 fully saturated rings. The Kier molecular flexibility index (Phi) is 5.27. The zero-order chi connectivity index (χ0) is 14.4. The van der Waals surface area contributed by atoms with Gasteiger partial charge in [-0.05, 0) is 37.4 Å². The van der Waals surface area contributed by atoms with Gasteiger partial charge < -0.3 is 10.2 Å². The summed E-state index contributed by atoms with van der Waals surface area (Å²) in [5.41, 5.74) is 2.27. The Morgan fingerprint density at radius 3 is 2.15 bits per heavy atom. The summed E-state index contributed by atoms with van der Waals surface area (Å²) in [4.78, 5) is 2.14. The summed E-state index contributed by atoms with van der Waals surface area (Å²) in [5, 5.41) is 3.54. The first kappa shape index (κ1) is 14.7. The summed E-state index contributed by atoms with van der Waals surface area (Å²) in [6.07, 6.45) is 0. The molecule has 2 aromatic rings. The molecule has 0 spiro atoms. The van der Waals surface area contributed by atoms with E-state index >= 15 is 0 Å². The van der Waals surface area contributed by atoms with Gasteiger partial charge in [0.25, 0.3) is 0 Å². The van der Waals surface area contributed by atoms with Crippen LogP contribution >= 0.6 is 0 Å². The van der Waals surface area contributed by atoms with Gasteiger partial charge in [-0.3, -0.25) is 0 Å². The van der Waals surface area contributed by atoms with E-state index < -0.39 is 0 Å². The second-order valence-electron chi connectivity index (χ2n) is 5.15. The van der Waals surface area contributed by atoms with Gasteiger partial charge in [0.1, 0.15) is 5.82 Å². The van der Waals surface area contributed by atoms with Gasteiger partial charge in [-0.1, -0.05) is 42.5 Å². The van der Waals surface area contributed by atoms with Crippen LogP contribution in [0.3, 0.4) is 0 Å². The fourth-order valence-corrected chi connectivity index (χ4v) is 2.16. The van der Waals surface area contributed by atoms with Gasteiger partial charge in [-0.2, -0.15) is 0 Å². The molecule has 0 radical (unpaired) electrons. The van der Waals surface area contributed by atoms with Gasteiger partial charge in [0.2, 0.25) is 0 Å². The molecule has 2 nitrogen and oxygen atoms in total. The van der Waals surface area contributed by atoms with Crippen molar-refractivity contribution in [1.82, 2.24) is 10.2 Å². The first-order valence-corrected chi connectivity index (χ1v) is 6.85. The van der Waals surface area contributed by atoms with E-state index in [0.29, 0.717) is 0 Å². The van der Waals surface area contributed by atoms with Crippen LogP contribution in [0.25, 0.3) is 0 Å². The van der Waals surface area contributed by atoms with E-state index in [1.807, 2.05) is 30.3 Å². The minimum Gasteiger partial charge on any atom is -0.308 e. The van der Waals surface area contributed by atoms with E-state index in [9.17, 15) is 4.39 Å². The van der Waals surface area contributed by atoms with Crippen LogP contribution in [0.4, 0.5) is 4.39 Å². The number of rotatable bonds is 6. The molecule has 0 heterocycles. The molecule has 0 saturated carbocycles. The van der Waals surface area contributed by atoms with E-state index in [1.165, 1.54) is 17.7 Å². The zero-order valence-corrected chi connectivity index (χ0v) is 12.0. The highest BCUT2D eigenvalue weighted by molar-refractivity contribution is 5.31. The Morgan fingerprint density at radius 2 is 1.55 bits per heavy atom. The van der Waals surface area contributed by atoms with Crippen LogP contribution in [-0.4, -0.2) is 32.1 Å². The lowest BCUT2D eigenvalue weighted by Crippen LogP contribution is -2.30. The highest BCUT2D eigenvalue weighted by Crippen LogP contribution is 2.21. The molecule has 0 bridgehead atoms. The first-order chi connectivity index (χ1) is 9.66. The molecular formula is C17H21FN2. The molecule has 0 aromatic heterocycles. The fourth-order valence-electron chi connectivity index (χ4n) is 2.16. The van der Waals surface area contributed by atoms with Crippen molar-refractivity contribution >= 4 is 0 Å². The normalized spacial score (nSPS) is 12.6. The van der Waals surface area contributed by atoms with Crippen LogP contribution in [0.2, 0.25) is 0 Å². The van der Waals surface area contributed by atoms with Crippen LogP contribution in [0, 0.1) is 5.82 Å². The summed E-state index contributed by atoms with van der Waals surface area (Å²) in [6, 6.07) is 17.1. The van der Waals surface area contributed by atoms with Crippen molar-refractivity contribution < 1.29 is 4.39 Å². The molecule has 20 heavy (non-hydrogen) atoms. The Balaban J connectivity index is 2.18. The Morgan fingerprint density at radius 1 is 0.950 bits per heavy atom. The van der Waals surface area contributed by atoms with E-state index in [0.717, 1.165) is 18.7 Å². The number of hydrogen-bond donors (Lipinski definition) is 1. The van der Waals surface area contributed by atoms with Gasteiger partial charge in [-0.15, -0.1) is 0 Å². The molecule has 0 amide bonds. The standard InChI is InChI=1S/C17H21FN2/c1-20(2)13-12-19-17(14-6-4-3-5-7-14)15-8-10-16(18)11-9-15/h3-11,17,19H,12-13H2,1-2H3. The second kappa shape index (κ2) is 7.17. The lowest BCUT2D eigenvalue weighted by molar-refractivity contribution is 0.392. The lowest BCUT2D eigenvalue weighted by Gasteiger charge is -2.21. The third kappa shape index (κ3) is 4.15. The maximum atomic E-state index is 13.1. The summed E-state index contributed by atoms with van der Waals surface area (Å²) < 4.78 is 13.1. The van der Waals surface area contributed by atoms with Crippen molar-refractivity contribution in [3.63, 3.8) is 0 Å². The summed E-state index contributed by atoms with van der Waals surface area (Å²) >= 11 is 0. The van der Waals surface area contributed by atoms with Crippen molar-refractivity contribution in [2.75, 3.05) is 27.2 Å². The molecule has 0 saturated heterocycles. The summed E-state index contributed by atoms with van der Waals surface area (Å²) in [5.74, 6) is -0.200. The molecule has 3 heteroatoms. The van der Waals surface area contributed by atoms with E-state index in [2.05, 4.69) is 36.4 Å². The zero-order valence-electron chi connectivity index (χ0n) is 12.0. The van der Waals surface area contributed by atoms with Gasteiger partial charge >= 0.3 is 0 Å². The molecular weight excluding hydrogens is 251 g/mol. The van der Waals surface area contributed by atoms with Crippen molar-refractivity contribution in [3.8, 4) is 0 Å². The molecule has 106 valence electrons. The predicted octanol–water partition coefficient (Wildman–Crippen LogP) is 3.07. The molecule has 0 aliphatic rings. The van der Waals surface area contributed by atoms with E-state index in [-0.39, 0.29) is 11.9 Å². The number of benzene rings is 2. The van der Waals surface area contributed by atoms with Crippen molar-refractivity contribution in [1.29, 1.82) is 0 Å². The molecule has 1 atom stereocenters. The monoisotopic (exact) mass is 272 g/mol. The average molecular weight is 272 g/mol. The van der Waals surface area contributed by atoms with E-state index in [4.69, 9.17) is 0 Å². The second-order valence-corrected chi connectivity index (χ2v) is 5.15. The summed E-state index contributed by atoms with van der Waals surface area (Å²) in [7, 11) is 4.11. The molecule has 2 rings (SSSR count). The average Bonchev–Trinajstić information content (AvgIpc) is 2.46. The van der Waals surface area contributed by atoms with Crippen LogP contribution in [0.15, 0.2) is 54.6 Å². The van der Waals surface area contributed by atoms with Crippen LogP contribution in [0.5, 0.6) is 0 Å². The van der Waals surface area contributed by atoms with Crippen molar-refractivity contribution in [3.05, 3.63) is 71.5 Å². The smallest absolute Gasteiger partial charge is 0.123 e. The molecule has 0 aliphatic carbocycles. The minimum atomic E-state index is -0.200. The largest absolute Gasteiger partial charge is 0.308 e. The molecule has 1 unspecified atom stereocenters. The number of nitrogens with zero attached hydrogens (tertiary/aromatic N) is 1. The fraction of sp³-hybridized carbons (Fsp3) is 0.294. The Bertz CT molecular complexity index is 508. The van der Waals surface area contributed by atoms with Gasteiger partial charge in [-0.25, -0.2) is 4.39 Å². The van der Waals surface area contributed by atoms with Gasteiger partial charge in [0.15, 0.2) is 0 Å². The third-order valence-corrected chi connectivity index (χ3v) is 3.24. The van der Waals surface area contributed by atoms with Gasteiger partial charge in [0.05, 0.1) is 6.04 Å². The molecule has 0 aliphatic heterocycles. The highest BCUT2D eigenvalue weighted by Gasteiger charge is 2.13. The molecule has 2 aromatic carbocycles. The van der Waals surface area contributed by atoms with Crippen molar-refractivity contribution in [2.24, 2.45) is 0 Å². The quantitative estimate of drug-likeness (QED) is 0.869. The Labute approximate surface area is 120 Å². The minimum absolute atomic E-state index is 0.0942. The highest BCUT2D eigenvalue weighted by atomic mass is 19.1. The maximum Gasteiger partial charge on any atom is 0.123 e. The first-order valence-electron chi connectivity index (χ1n) is 6.85. The van der Waals surface area contributed by atoms with E-state index in [1.54, 1.807) is 0 Å². The summed E-state index contributed by atoms with van der Waals surface area (Å²) in [6.45, 7) is 1.84. The van der Waals surface area contributed by atoms with Crippen LogP contribution < -0.4 is 5.32 Å². The van der Waals surface area contributed by atoms with Crippen LogP contribution in [-0.2, 0) is 0 Å². The lowest BCUT2D eigenvalue weighted by atomic mass is 9.98. The maximum absolute atomic E-state index is 13.1. The SMILES string of the molecule is CN(C)CCNC(c1ccccc1)c1ccc(F)cc1. The number of halogens is 1. The molecule has 1 N–H and O–H groups in total. The number of likely N-dealkylation sites (N-methyl/N-ethyl adjacent to an activating group) is 1. The Hall–Kier alpha value is -1.71. The predicted molar refractivity (Wildman–Crippen MR) is 81.2 cm³/mol. The third-order valence-electron chi connectivity index (χ3n) is 3.24. The van der Waals surface area contributed by atoms with Gasteiger partial charge in [0, 0.05) is 13.1 Å². The number of hydrogen-bond acceptors (Lipinski definition) is 2. The van der Waals surface area contributed by atoms with Crippen LogP contribution in [0.1, 0.15) is 17.2 Å². The topological polar surface area (TPSA) is 15.3 Å².